The van der Waals surface area contributed by atoms with E-state index < -0.39 is 11.8 Å². The number of rotatable bonds is 4. The average Bonchev–Trinajstić information content (AvgIpc) is 3.03. The molecule has 23 heavy (non-hydrogen) atoms. The summed E-state index contributed by atoms with van der Waals surface area (Å²) >= 11 is 5.81. The van der Waals surface area contributed by atoms with Crippen LogP contribution in [-0.4, -0.2) is 16.1 Å². The van der Waals surface area contributed by atoms with E-state index in [0.29, 0.717) is 10.8 Å². The van der Waals surface area contributed by atoms with Crippen LogP contribution >= 0.6 is 11.6 Å². The fourth-order valence-corrected chi connectivity index (χ4v) is 1.95. The molecule has 0 aliphatic carbocycles. The first-order chi connectivity index (χ1) is 11.1. The number of carbonyl (C=O) groups is 1. The highest BCUT2D eigenvalue weighted by atomic mass is 35.5. The van der Waals surface area contributed by atoms with Crippen molar-refractivity contribution in [3.05, 3.63) is 70.8 Å². The van der Waals surface area contributed by atoms with Gasteiger partial charge in [0.25, 0.3) is 5.89 Å². The Kier molecular flexibility index (Phi) is 4.34. The molecule has 2 aromatic carbocycles. The molecule has 0 spiro atoms. The van der Waals surface area contributed by atoms with Gasteiger partial charge in [0.1, 0.15) is 5.82 Å². The molecule has 3 aromatic rings. The van der Waals surface area contributed by atoms with E-state index in [1.54, 1.807) is 24.3 Å². The number of carbonyl (C=O) groups excluding carboxylic acids is 1. The van der Waals surface area contributed by atoms with Crippen molar-refractivity contribution < 1.29 is 18.4 Å². The fraction of sp³-hybridized carbons (Fsp3) is 0.0625. The summed E-state index contributed by atoms with van der Waals surface area (Å²) in [4.78, 5) is 15.9. The third-order valence-electron chi connectivity index (χ3n) is 2.98. The van der Waals surface area contributed by atoms with Crippen LogP contribution in [0.3, 0.4) is 0 Å². The second kappa shape index (κ2) is 6.58. The molecule has 0 radical (unpaired) electrons. The molecule has 7 heteroatoms. The van der Waals surface area contributed by atoms with Crippen molar-refractivity contribution in [2.24, 2.45) is 0 Å². The van der Waals surface area contributed by atoms with Gasteiger partial charge in [-0.1, -0.05) is 16.8 Å². The lowest BCUT2D eigenvalue weighted by Gasteiger charge is -2.01. The van der Waals surface area contributed by atoms with Gasteiger partial charge in [0.05, 0.1) is 5.56 Å². The fourth-order valence-electron chi connectivity index (χ4n) is 1.83. The van der Waals surface area contributed by atoms with Crippen LogP contribution in [0.15, 0.2) is 53.1 Å². The highest BCUT2D eigenvalue weighted by Gasteiger charge is 2.12. The second-order valence-corrected chi connectivity index (χ2v) is 5.04. The zero-order chi connectivity index (χ0) is 16.2. The Morgan fingerprint density at radius 3 is 2.52 bits per heavy atom. The van der Waals surface area contributed by atoms with E-state index in [-0.39, 0.29) is 18.1 Å². The molecule has 0 fully saturated rings. The van der Waals surface area contributed by atoms with E-state index in [2.05, 4.69) is 10.1 Å². The van der Waals surface area contributed by atoms with Crippen molar-refractivity contribution in [2.45, 2.75) is 6.61 Å². The van der Waals surface area contributed by atoms with Crippen LogP contribution in [0.2, 0.25) is 5.02 Å². The molecule has 0 saturated carbocycles. The molecule has 5 nitrogen and oxygen atoms in total. The Morgan fingerprint density at radius 1 is 1.13 bits per heavy atom. The predicted octanol–water partition coefficient (Wildman–Crippen LogP) is 3.89. The number of aromatic nitrogens is 2. The molecule has 0 bridgehead atoms. The lowest BCUT2D eigenvalue weighted by Crippen LogP contribution is -2.05. The average molecular weight is 333 g/mol. The van der Waals surface area contributed by atoms with Crippen LogP contribution in [0.5, 0.6) is 0 Å². The third-order valence-corrected chi connectivity index (χ3v) is 3.23. The smallest absolute Gasteiger partial charge is 0.338 e. The number of ether oxygens (including phenoxy) is 1. The van der Waals surface area contributed by atoms with Gasteiger partial charge >= 0.3 is 5.97 Å². The quantitative estimate of drug-likeness (QED) is 0.678. The van der Waals surface area contributed by atoms with E-state index in [9.17, 15) is 9.18 Å². The first-order valence-electron chi connectivity index (χ1n) is 6.63. The number of hydrogen-bond donors (Lipinski definition) is 0. The van der Waals surface area contributed by atoms with Crippen molar-refractivity contribution in [3.63, 3.8) is 0 Å². The second-order valence-electron chi connectivity index (χ2n) is 4.60. The van der Waals surface area contributed by atoms with E-state index in [1.165, 1.54) is 24.3 Å². The molecule has 0 saturated heterocycles. The van der Waals surface area contributed by atoms with Crippen molar-refractivity contribution in [2.75, 3.05) is 0 Å². The Balaban J connectivity index is 1.64. The zero-order valence-corrected chi connectivity index (χ0v) is 12.5. The summed E-state index contributed by atoms with van der Waals surface area (Å²) in [6.07, 6.45) is 0. The Bertz CT molecular complexity index is 816. The van der Waals surface area contributed by atoms with Gasteiger partial charge in [-0.15, -0.1) is 0 Å². The number of halogens is 2. The van der Waals surface area contributed by atoms with E-state index in [4.69, 9.17) is 20.9 Å². The lowest BCUT2D eigenvalue weighted by atomic mass is 10.2. The molecule has 3 rings (SSSR count). The summed E-state index contributed by atoms with van der Waals surface area (Å²) in [5.41, 5.74) is 0.970. The maximum atomic E-state index is 12.8. The first kappa shape index (κ1) is 15.2. The lowest BCUT2D eigenvalue weighted by molar-refractivity contribution is 0.0430. The summed E-state index contributed by atoms with van der Waals surface area (Å²) in [7, 11) is 0. The van der Waals surface area contributed by atoms with Crippen LogP contribution in [0, 0.1) is 5.82 Å². The zero-order valence-electron chi connectivity index (χ0n) is 11.7. The minimum Gasteiger partial charge on any atom is -0.452 e. The SMILES string of the molecule is O=C(OCc1nc(-c2ccc(Cl)cc2)no1)c1ccc(F)cc1. The van der Waals surface area contributed by atoms with Gasteiger partial charge in [0, 0.05) is 10.6 Å². The van der Waals surface area contributed by atoms with Gasteiger partial charge < -0.3 is 9.26 Å². The summed E-state index contributed by atoms with van der Waals surface area (Å²) in [5.74, 6) is -0.498. The Labute approximate surface area is 135 Å². The van der Waals surface area contributed by atoms with E-state index in [0.717, 1.165) is 5.56 Å². The summed E-state index contributed by atoms with van der Waals surface area (Å²) in [6.45, 7) is -0.170. The topological polar surface area (TPSA) is 65.2 Å². The van der Waals surface area contributed by atoms with Crippen LogP contribution in [0.25, 0.3) is 11.4 Å². The molecule has 116 valence electrons. The number of hydrogen-bond acceptors (Lipinski definition) is 5. The minimum atomic E-state index is -0.601. The largest absolute Gasteiger partial charge is 0.452 e. The van der Waals surface area contributed by atoms with Crippen LogP contribution in [-0.2, 0) is 11.3 Å². The number of nitrogens with zero attached hydrogens (tertiary/aromatic N) is 2. The van der Waals surface area contributed by atoms with Gasteiger partial charge in [-0.3, -0.25) is 0 Å². The predicted molar refractivity (Wildman–Crippen MR) is 80.3 cm³/mol. The third kappa shape index (κ3) is 3.73. The van der Waals surface area contributed by atoms with Crippen molar-refractivity contribution in [1.82, 2.24) is 10.1 Å². The molecule has 0 atom stereocenters. The van der Waals surface area contributed by atoms with Gasteiger partial charge in [-0.25, -0.2) is 9.18 Å². The van der Waals surface area contributed by atoms with Crippen molar-refractivity contribution in [1.29, 1.82) is 0 Å². The van der Waals surface area contributed by atoms with Crippen LogP contribution < -0.4 is 0 Å². The van der Waals surface area contributed by atoms with E-state index >= 15 is 0 Å². The number of benzene rings is 2. The standard InChI is InChI=1S/C16H10ClFN2O3/c17-12-5-1-10(2-6-12)15-19-14(23-20-15)9-22-16(21)11-3-7-13(18)8-4-11/h1-8H,9H2. The van der Waals surface area contributed by atoms with Gasteiger partial charge in [-0.05, 0) is 48.5 Å². The molecular weight excluding hydrogens is 323 g/mol. The molecule has 0 unspecified atom stereocenters. The number of esters is 1. The highest BCUT2D eigenvalue weighted by Crippen LogP contribution is 2.19. The molecule has 0 aliphatic heterocycles. The monoisotopic (exact) mass is 332 g/mol. The summed E-state index contributed by atoms with van der Waals surface area (Å²) < 4.78 is 22.9. The molecule has 0 amide bonds. The molecular formula is C16H10ClFN2O3. The van der Waals surface area contributed by atoms with Gasteiger partial charge in [0.2, 0.25) is 5.82 Å². The highest BCUT2D eigenvalue weighted by molar-refractivity contribution is 6.30. The van der Waals surface area contributed by atoms with Crippen molar-refractivity contribution >= 4 is 17.6 Å². The molecule has 0 N–H and O–H groups in total. The maximum Gasteiger partial charge on any atom is 0.338 e. The molecule has 1 heterocycles. The maximum absolute atomic E-state index is 12.8. The van der Waals surface area contributed by atoms with Gasteiger partial charge in [-0.2, -0.15) is 4.98 Å². The summed E-state index contributed by atoms with van der Waals surface area (Å²) in [6, 6.07) is 12.0. The summed E-state index contributed by atoms with van der Waals surface area (Å²) in [5, 5.41) is 4.41. The van der Waals surface area contributed by atoms with Crippen LogP contribution in [0.1, 0.15) is 16.2 Å². The molecule has 0 aliphatic rings. The Hall–Kier alpha value is -2.73. The minimum absolute atomic E-state index is 0.158. The normalized spacial score (nSPS) is 10.5. The van der Waals surface area contributed by atoms with Crippen molar-refractivity contribution in [3.8, 4) is 11.4 Å². The molecule has 1 aromatic heterocycles. The van der Waals surface area contributed by atoms with Gasteiger partial charge in [0.15, 0.2) is 6.61 Å². The van der Waals surface area contributed by atoms with E-state index in [1.807, 2.05) is 0 Å². The Morgan fingerprint density at radius 2 is 1.83 bits per heavy atom. The van der Waals surface area contributed by atoms with Crippen LogP contribution in [0.4, 0.5) is 4.39 Å². The first-order valence-corrected chi connectivity index (χ1v) is 7.01.